The first-order valence-corrected chi connectivity index (χ1v) is 11.0. The Kier molecular flexibility index (Phi) is 6.48. The van der Waals surface area contributed by atoms with Crippen LogP contribution < -0.4 is 10.6 Å². The average molecular weight is 407 g/mol. The third-order valence-corrected chi connectivity index (χ3v) is 6.26. The molecule has 1 saturated heterocycles. The molecule has 0 aromatic heterocycles. The van der Waals surface area contributed by atoms with Gasteiger partial charge in [-0.15, -0.1) is 0 Å². The Morgan fingerprint density at radius 1 is 0.900 bits per heavy atom. The third-order valence-electron chi connectivity index (χ3n) is 6.26. The summed E-state index contributed by atoms with van der Waals surface area (Å²) in [6, 6.07) is 13.5. The molecule has 2 aromatic carbocycles. The number of ether oxygens (including phenoxy) is 1. The molecule has 1 saturated carbocycles. The van der Waals surface area contributed by atoms with Gasteiger partial charge in [-0.25, -0.2) is 0 Å². The largest absolute Gasteiger partial charge is 0.381 e. The van der Waals surface area contributed by atoms with Crippen LogP contribution >= 0.6 is 0 Å². The predicted octanol–water partition coefficient (Wildman–Crippen LogP) is 4.81. The number of hydrogen-bond donors (Lipinski definition) is 2. The fourth-order valence-electron chi connectivity index (χ4n) is 4.31. The highest BCUT2D eigenvalue weighted by Crippen LogP contribution is 2.26. The summed E-state index contributed by atoms with van der Waals surface area (Å²) in [4.78, 5) is 25.4. The van der Waals surface area contributed by atoms with Crippen LogP contribution in [0.4, 0.5) is 5.69 Å². The first-order valence-electron chi connectivity index (χ1n) is 11.0. The molecule has 30 heavy (non-hydrogen) atoms. The normalized spacial score (nSPS) is 19.4. The zero-order valence-corrected chi connectivity index (χ0v) is 17.6. The van der Waals surface area contributed by atoms with E-state index in [0.29, 0.717) is 22.7 Å². The van der Waals surface area contributed by atoms with E-state index >= 15 is 0 Å². The van der Waals surface area contributed by atoms with Crippen molar-refractivity contribution in [1.29, 1.82) is 0 Å². The molecule has 2 N–H and O–H groups in total. The van der Waals surface area contributed by atoms with E-state index < -0.39 is 0 Å². The van der Waals surface area contributed by atoms with Crippen molar-refractivity contribution in [3.63, 3.8) is 0 Å². The van der Waals surface area contributed by atoms with Crippen LogP contribution in [-0.2, 0) is 4.74 Å². The zero-order valence-electron chi connectivity index (χ0n) is 17.6. The van der Waals surface area contributed by atoms with E-state index in [0.717, 1.165) is 38.0 Å². The summed E-state index contributed by atoms with van der Waals surface area (Å²) in [5.74, 6) is 0.182. The summed E-state index contributed by atoms with van der Waals surface area (Å²) in [5, 5.41) is 6.11. The first kappa shape index (κ1) is 20.6. The summed E-state index contributed by atoms with van der Waals surface area (Å²) in [6.45, 7) is 3.49. The van der Waals surface area contributed by atoms with Crippen molar-refractivity contribution in [2.45, 2.75) is 57.4 Å². The van der Waals surface area contributed by atoms with Crippen LogP contribution in [0.3, 0.4) is 0 Å². The molecule has 2 aromatic rings. The second kappa shape index (κ2) is 9.43. The van der Waals surface area contributed by atoms with Gasteiger partial charge in [0.1, 0.15) is 0 Å². The maximum Gasteiger partial charge on any atom is 0.255 e. The van der Waals surface area contributed by atoms with Gasteiger partial charge in [0.05, 0.1) is 6.61 Å². The molecule has 1 aliphatic carbocycles. The minimum absolute atomic E-state index is 0.0689. The van der Waals surface area contributed by atoms with E-state index in [4.69, 9.17) is 4.74 Å². The summed E-state index contributed by atoms with van der Waals surface area (Å²) in [5.41, 5.74) is 4.00. The van der Waals surface area contributed by atoms with E-state index in [1.165, 1.54) is 24.8 Å². The summed E-state index contributed by atoms with van der Waals surface area (Å²) >= 11 is 0. The maximum atomic E-state index is 12.8. The molecule has 0 bridgehead atoms. The van der Waals surface area contributed by atoms with Crippen LogP contribution in [0.5, 0.6) is 0 Å². The van der Waals surface area contributed by atoms with Crippen molar-refractivity contribution in [2.75, 3.05) is 18.5 Å². The number of benzene rings is 2. The number of anilines is 1. The van der Waals surface area contributed by atoms with Crippen molar-refractivity contribution in [1.82, 2.24) is 5.32 Å². The Bertz CT molecular complexity index is 895. The quantitative estimate of drug-likeness (QED) is 0.748. The molecular formula is C25H30N2O3. The van der Waals surface area contributed by atoms with Gasteiger partial charge >= 0.3 is 0 Å². The molecule has 1 heterocycles. The lowest BCUT2D eigenvalue weighted by Gasteiger charge is -2.23. The molecule has 1 atom stereocenters. The zero-order chi connectivity index (χ0) is 20.9. The van der Waals surface area contributed by atoms with Crippen LogP contribution in [-0.4, -0.2) is 31.1 Å². The van der Waals surface area contributed by atoms with Gasteiger partial charge in [0.15, 0.2) is 0 Å². The van der Waals surface area contributed by atoms with Gasteiger partial charge in [-0.2, -0.15) is 0 Å². The molecule has 2 aliphatic rings. The van der Waals surface area contributed by atoms with Crippen molar-refractivity contribution in [3.8, 4) is 0 Å². The molecular weight excluding hydrogens is 376 g/mol. The second-order valence-electron chi connectivity index (χ2n) is 8.47. The Morgan fingerprint density at radius 3 is 2.33 bits per heavy atom. The average Bonchev–Trinajstić information content (AvgIpc) is 3.31. The molecule has 5 nitrogen and oxygen atoms in total. The van der Waals surface area contributed by atoms with E-state index in [2.05, 4.69) is 10.6 Å². The van der Waals surface area contributed by atoms with E-state index in [-0.39, 0.29) is 17.9 Å². The standard InChI is InChI=1S/C25H30N2O3/c1-17-7-8-20(25(29)26-22-5-3-2-4-6-22)15-23(17)27-24(28)19-11-9-18(10-12-19)21-13-14-30-16-21/h7-12,15,21-22H,2-6,13-14,16H2,1H3,(H,26,29)(H,27,28). The highest BCUT2D eigenvalue weighted by molar-refractivity contribution is 6.05. The lowest BCUT2D eigenvalue weighted by atomic mass is 9.95. The van der Waals surface area contributed by atoms with Gasteiger partial charge in [-0.1, -0.05) is 37.5 Å². The van der Waals surface area contributed by atoms with Gasteiger partial charge in [0.2, 0.25) is 0 Å². The Hall–Kier alpha value is -2.66. The lowest BCUT2D eigenvalue weighted by molar-refractivity contribution is 0.0926. The maximum absolute atomic E-state index is 12.8. The molecule has 4 rings (SSSR count). The molecule has 0 spiro atoms. The van der Waals surface area contributed by atoms with Gasteiger partial charge in [0.25, 0.3) is 11.8 Å². The minimum atomic E-state index is -0.169. The fraction of sp³-hybridized carbons (Fsp3) is 0.440. The fourth-order valence-corrected chi connectivity index (χ4v) is 4.31. The monoisotopic (exact) mass is 406 g/mol. The van der Waals surface area contributed by atoms with Crippen LogP contribution in [0.2, 0.25) is 0 Å². The molecule has 2 fully saturated rings. The third kappa shape index (κ3) is 4.90. The highest BCUT2D eigenvalue weighted by Gasteiger charge is 2.19. The first-order chi connectivity index (χ1) is 14.6. The predicted molar refractivity (Wildman–Crippen MR) is 118 cm³/mol. The Labute approximate surface area is 178 Å². The van der Waals surface area contributed by atoms with Crippen LogP contribution in [0.15, 0.2) is 42.5 Å². The highest BCUT2D eigenvalue weighted by atomic mass is 16.5. The van der Waals surface area contributed by atoms with Crippen LogP contribution in [0.1, 0.15) is 76.3 Å². The summed E-state index contributed by atoms with van der Waals surface area (Å²) < 4.78 is 5.45. The van der Waals surface area contributed by atoms with Gasteiger partial charge in [-0.05, 0) is 61.6 Å². The summed E-state index contributed by atoms with van der Waals surface area (Å²) in [6.07, 6.45) is 6.72. The van der Waals surface area contributed by atoms with Crippen molar-refractivity contribution < 1.29 is 14.3 Å². The number of carbonyl (C=O) groups excluding carboxylic acids is 2. The smallest absolute Gasteiger partial charge is 0.255 e. The molecule has 1 unspecified atom stereocenters. The Morgan fingerprint density at radius 2 is 1.63 bits per heavy atom. The second-order valence-corrected chi connectivity index (χ2v) is 8.47. The van der Waals surface area contributed by atoms with Gasteiger partial charge in [0, 0.05) is 35.4 Å². The van der Waals surface area contributed by atoms with Crippen LogP contribution in [0, 0.1) is 6.92 Å². The van der Waals surface area contributed by atoms with Crippen molar-refractivity contribution >= 4 is 17.5 Å². The number of aryl methyl sites for hydroxylation is 1. The Balaban J connectivity index is 1.42. The topological polar surface area (TPSA) is 67.4 Å². The molecule has 2 amide bonds. The van der Waals surface area contributed by atoms with E-state index in [1.807, 2.05) is 43.3 Å². The molecule has 158 valence electrons. The number of carbonyl (C=O) groups is 2. The summed E-state index contributed by atoms with van der Waals surface area (Å²) in [7, 11) is 0. The number of amides is 2. The van der Waals surface area contributed by atoms with Crippen molar-refractivity contribution in [3.05, 3.63) is 64.7 Å². The number of rotatable bonds is 5. The number of hydrogen-bond acceptors (Lipinski definition) is 3. The number of nitrogens with one attached hydrogen (secondary N) is 2. The lowest BCUT2D eigenvalue weighted by Crippen LogP contribution is -2.36. The SMILES string of the molecule is Cc1ccc(C(=O)NC2CCCCC2)cc1NC(=O)c1ccc(C2CCOC2)cc1. The minimum Gasteiger partial charge on any atom is -0.381 e. The van der Waals surface area contributed by atoms with Crippen molar-refractivity contribution in [2.24, 2.45) is 0 Å². The molecule has 0 radical (unpaired) electrons. The van der Waals surface area contributed by atoms with E-state index in [1.54, 1.807) is 6.07 Å². The molecule has 1 aliphatic heterocycles. The van der Waals surface area contributed by atoms with E-state index in [9.17, 15) is 9.59 Å². The van der Waals surface area contributed by atoms with Crippen LogP contribution in [0.25, 0.3) is 0 Å². The van der Waals surface area contributed by atoms with Gasteiger partial charge < -0.3 is 15.4 Å². The van der Waals surface area contributed by atoms with Gasteiger partial charge in [-0.3, -0.25) is 9.59 Å². The molecule has 5 heteroatoms.